The zero-order chi connectivity index (χ0) is 10.6. The molecule has 1 atom stereocenters. The van der Waals surface area contributed by atoms with Crippen molar-refractivity contribution >= 4 is 5.97 Å². The fourth-order valence-corrected chi connectivity index (χ4v) is 1.13. The average molecular weight is 189 g/mol. The largest absolute Gasteiger partial charge is 0.442 e. The summed E-state index contributed by atoms with van der Waals surface area (Å²) in [4.78, 5) is 14.7. The van der Waals surface area contributed by atoms with Gasteiger partial charge < -0.3 is 4.74 Å². The number of hydrogen-bond donors (Lipinski definition) is 0. The molecule has 1 heterocycles. The number of rotatable bonds is 2. The van der Waals surface area contributed by atoms with Crippen LogP contribution in [0, 0.1) is 12.3 Å². The number of pyridine rings is 1. The summed E-state index contributed by atoms with van der Waals surface area (Å²) in [6.07, 6.45) is 8.55. The molecule has 0 N–H and O–H groups in total. The molecular formula is C11H11NO2. The summed E-state index contributed by atoms with van der Waals surface area (Å²) in [6.45, 7) is 3.00. The molecule has 14 heavy (non-hydrogen) atoms. The average Bonchev–Trinajstić information content (AvgIpc) is 2.18. The van der Waals surface area contributed by atoms with Gasteiger partial charge in [-0.15, -0.1) is 6.42 Å². The van der Waals surface area contributed by atoms with Crippen LogP contribution in [0.5, 0.6) is 0 Å². The normalized spacial score (nSPS) is 13.8. The van der Waals surface area contributed by atoms with E-state index in [1.54, 1.807) is 31.5 Å². The van der Waals surface area contributed by atoms with E-state index in [4.69, 9.17) is 11.2 Å². The number of hydrogen-bond acceptors (Lipinski definition) is 3. The number of terminal acetylenes is 1. The number of carbonyl (C=O) groups excluding carboxylic acids is 1. The molecule has 0 saturated carbocycles. The van der Waals surface area contributed by atoms with Gasteiger partial charge in [-0.3, -0.25) is 9.78 Å². The lowest BCUT2D eigenvalue weighted by molar-refractivity contribution is -0.151. The highest BCUT2D eigenvalue weighted by molar-refractivity contribution is 5.67. The first kappa shape index (κ1) is 10.3. The maximum atomic E-state index is 10.9. The van der Waals surface area contributed by atoms with Crippen LogP contribution >= 0.6 is 0 Å². The molecule has 0 aliphatic heterocycles. The van der Waals surface area contributed by atoms with Crippen LogP contribution in [0.2, 0.25) is 0 Å². The van der Waals surface area contributed by atoms with Crippen LogP contribution in [0.4, 0.5) is 0 Å². The molecule has 0 spiro atoms. The van der Waals surface area contributed by atoms with Crippen LogP contribution < -0.4 is 0 Å². The van der Waals surface area contributed by atoms with Crippen molar-refractivity contribution in [1.82, 2.24) is 4.98 Å². The van der Waals surface area contributed by atoms with Gasteiger partial charge in [0.05, 0.1) is 0 Å². The van der Waals surface area contributed by atoms with E-state index in [1.165, 1.54) is 6.92 Å². The molecule has 0 saturated heterocycles. The lowest BCUT2D eigenvalue weighted by Crippen LogP contribution is -2.26. The van der Waals surface area contributed by atoms with Gasteiger partial charge in [-0.1, -0.05) is 5.92 Å². The molecule has 0 aliphatic carbocycles. The first-order valence-corrected chi connectivity index (χ1v) is 4.16. The van der Waals surface area contributed by atoms with Gasteiger partial charge in [0.2, 0.25) is 0 Å². The Morgan fingerprint density at radius 2 is 2.14 bits per heavy atom. The number of nitrogens with zero attached hydrogens (tertiary/aromatic N) is 1. The second-order valence-corrected chi connectivity index (χ2v) is 3.01. The summed E-state index contributed by atoms with van der Waals surface area (Å²) in [5.74, 6) is 2.05. The van der Waals surface area contributed by atoms with Crippen molar-refractivity contribution in [3.05, 3.63) is 30.1 Å². The van der Waals surface area contributed by atoms with Crippen molar-refractivity contribution in [3.63, 3.8) is 0 Å². The van der Waals surface area contributed by atoms with Crippen molar-refractivity contribution in [2.45, 2.75) is 19.4 Å². The Labute approximate surface area is 83.1 Å². The van der Waals surface area contributed by atoms with E-state index in [9.17, 15) is 4.79 Å². The van der Waals surface area contributed by atoms with Gasteiger partial charge in [0.15, 0.2) is 5.60 Å². The van der Waals surface area contributed by atoms with Crippen molar-refractivity contribution in [2.75, 3.05) is 0 Å². The van der Waals surface area contributed by atoms with E-state index in [0.29, 0.717) is 0 Å². The fourth-order valence-electron chi connectivity index (χ4n) is 1.13. The summed E-state index contributed by atoms with van der Waals surface area (Å²) in [5.41, 5.74) is -0.264. The Bertz CT molecular complexity index is 367. The maximum Gasteiger partial charge on any atom is 0.304 e. The standard InChI is InChI=1S/C11H11NO2/c1-4-11(3,14-9(2)13)10-5-7-12-8-6-10/h1,5-8H,2-3H3/t11-/m1/s1. The van der Waals surface area contributed by atoms with Crippen molar-refractivity contribution in [1.29, 1.82) is 0 Å². The first-order chi connectivity index (χ1) is 6.58. The molecule has 72 valence electrons. The van der Waals surface area contributed by atoms with Gasteiger partial charge in [0.1, 0.15) is 0 Å². The van der Waals surface area contributed by atoms with Crippen LogP contribution in [-0.2, 0) is 15.1 Å². The number of ether oxygens (including phenoxy) is 1. The highest BCUT2D eigenvalue weighted by Crippen LogP contribution is 2.23. The van der Waals surface area contributed by atoms with Crippen LogP contribution in [0.3, 0.4) is 0 Å². The highest BCUT2D eigenvalue weighted by atomic mass is 16.6. The molecule has 0 aliphatic rings. The molecular weight excluding hydrogens is 178 g/mol. The van der Waals surface area contributed by atoms with Gasteiger partial charge in [-0.2, -0.15) is 0 Å². The predicted molar refractivity (Wildman–Crippen MR) is 52.2 cm³/mol. The Kier molecular flexibility index (Phi) is 2.88. The maximum absolute atomic E-state index is 10.9. The Hall–Kier alpha value is -1.82. The minimum absolute atomic E-state index is 0.401. The molecule has 1 aromatic rings. The number of aromatic nitrogens is 1. The Balaban J connectivity index is 3.03. The molecule has 0 aromatic carbocycles. The van der Waals surface area contributed by atoms with Gasteiger partial charge in [0.25, 0.3) is 0 Å². The third-order valence-corrected chi connectivity index (χ3v) is 1.85. The minimum atomic E-state index is -1.01. The van der Waals surface area contributed by atoms with Crippen molar-refractivity contribution in [3.8, 4) is 12.3 Å². The van der Waals surface area contributed by atoms with Crippen LogP contribution in [0.1, 0.15) is 19.4 Å². The molecule has 1 rings (SSSR count). The molecule has 0 bridgehead atoms. The van der Waals surface area contributed by atoms with E-state index in [-0.39, 0.29) is 0 Å². The van der Waals surface area contributed by atoms with Crippen LogP contribution in [0.25, 0.3) is 0 Å². The third-order valence-electron chi connectivity index (χ3n) is 1.85. The quantitative estimate of drug-likeness (QED) is 0.522. The summed E-state index contributed by atoms with van der Waals surface area (Å²) < 4.78 is 5.07. The van der Waals surface area contributed by atoms with Crippen molar-refractivity contribution < 1.29 is 9.53 Å². The lowest BCUT2D eigenvalue weighted by atomic mass is 9.98. The van der Waals surface area contributed by atoms with Crippen LogP contribution in [0.15, 0.2) is 24.5 Å². The van der Waals surface area contributed by atoms with Gasteiger partial charge in [0, 0.05) is 24.9 Å². The monoisotopic (exact) mass is 189 g/mol. The fraction of sp³-hybridized carbons (Fsp3) is 0.273. The van der Waals surface area contributed by atoms with Crippen molar-refractivity contribution in [2.24, 2.45) is 0 Å². The van der Waals surface area contributed by atoms with Gasteiger partial charge >= 0.3 is 5.97 Å². The number of carbonyl (C=O) groups is 1. The van der Waals surface area contributed by atoms with Gasteiger partial charge in [-0.05, 0) is 19.1 Å². The molecule has 3 heteroatoms. The molecule has 0 fully saturated rings. The second kappa shape index (κ2) is 3.93. The Morgan fingerprint density at radius 3 is 2.57 bits per heavy atom. The highest BCUT2D eigenvalue weighted by Gasteiger charge is 2.26. The summed E-state index contributed by atoms with van der Waals surface area (Å²) in [5, 5.41) is 0. The van der Waals surface area contributed by atoms with Crippen LogP contribution in [-0.4, -0.2) is 11.0 Å². The van der Waals surface area contributed by atoms with E-state index >= 15 is 0 Å². The SMILES string of the molecule is C#C[C@@](C)(OC(C)=O)c1ccncc1. The molecule has 0 radical (unpaired) electrons. The zero-order valence-corrected chi connectivity index (χ0v) is 8.15. The molecule has 3 nitrogen and oxygen atoms in total. The second-order valence-electron chi connectivity index (χ2n) is 3.01. The molecule has 1 aromatic heterocycles. The van der Waals surface area contributed by atoms with E-state index in [0.717, 1.165) is 5.56 Å². The molecule has 0 amide bonds. The first-order valence-electron chi connectivity index (χ1n) is 4.16. The molecule has 0 unspecified atom stereocenters. The number of esters is 1. The van der Waals surface area contributed by atoms with E-state index < -0.39 is 11.6 Å². The minimum Gasteiger partial charge on any atom is -0.442 e. The summed E-state index contributed by atoms with van der Waals surface area (Å²) >= 11 is 0. The van der Waals surface area contributed by atoms with Gasteiger partial charge in [-0.25, -0.2) is 0 Å². The zero-order valence-electron chi connectivity index (χ0n) is 8.15. The van der Waals surface area contributed by atoms with E-state index in [2.05, 4.69) is 10.9 Å². The topological polar surface area (TPSA) is 39.2 Å². The Morgan fingerprint density at radius 1 is 1.57 bits per heavy atom. The predicted octanol–water partition coefficient (Wildman–Crippen LogP) is 1.49. The smallest absolute Gasteiger partial charge is 0.304 e. The lowest BCUT2D eigenvalue weighted by Gasteiger charge is -2.23. The summed E-state index contributed by atoms with van der Waals surface area (Å²) in [6, 6.07) is 3.45. The van der Waals surface area contributed by atoms with E-state index in [1.807, 2.05) is 0 Å². The third kappa shape index (κ3) is 2.11. The summed E-state index contributed by atoms with van der Waals surface area (Å²) in [7, 11) is 0.